The van der Waals surface area contributed by atoms with E-state index in [9.17, 15) is 13.6 Å². The standard InChI is InChI=1S/C10H12F2N2O2S/c1-5(2)13-10(16)14(17)6-3-7(11)9(15)8(12)4-6/h3-5,15,17H,1-2H3,(H,13,16). The Kier molecular flexibility index (Phi) is 4.17. The van der Waals surface area contributed by atoms with Gasteiger partial charge in [-0.15, -0.1) is 0 Å². The van der Waals surface area contributed by atoms with E-state index >= 15 is 0 Å². The minimum atomic E-state index is -1.16. The number of phenolic OH excluding ortho intramolecular Hbond substituents is 1. The number of anilines is 1. The lowest BCUT2D eigenvalue weighted by Crippen LogP contribution is -2.38. The SMILES string of the molecule is CC(C)NC(=O)N(S)c1cc(F)c(O)c(F)c1. The average Bonchev–Trinajstić information content (AvgIpc) is 2.23. The van der Waals surface area contributed by atoms with Crippen LogP contribution in [0.2, 0.25) is 0 Å². The molecule has 2 amide bonds. The van der Waals surface area contributed by atoms with E-state index in [1.807, 2.05) is 0 Å². The zero-order valence-corrected chi connectivity index (χ0v) is 10.1. The summed E-state index contributed by atoms with van der Waals surface area (Å²) < 4.78 is 26.8. The number of carbonyl (C=O) groups excluding carboxylic acids is 1. The highest BCUT2D eigenvalue weighted by molar-refractivity contribution is 7.82. The molecule has 0 atom stereocenters. The molecule has 17 heavy (non-hydrogen) atoms. The smallest absolute Gasteiger partial charge is 0.332 e. The van der Waals surface area contributed by atoms with Crippen molar-refractivity contribution in [3.63, 3.8) is 0 Å². The van der Waals surface area contributed by atoms with Crippen molar-refractivity contribution < 1.29 is 18.7 Å². The second kappa shape index (κ2) is 5.22. The number of thiol groups is 1. The van der Waals surface area contributed by atoms with Crippen molar-refractivity contribution in [1.82, 2.24) is 5.32 Å². The van der Waals surface area contributed by atoms with Crippen molar-refractivity contribution in [3.8, 4) is 5.75 Å². The van der Waals surface area contributed by atoms with Crippen LogP contribution in [-0.4, -0.2) is 17.2 Å². The lowest BCUT2D eigenvalue weighted by Gasteiger charge is -2.18. The maximum absolute atomic E-state index is 13.0. The molecule has 0 saturated heterocycles. The fourth-order valence-corrected chi connectivity index (χ4v) is 1.27. The van der Waals surface area contributed by atoms with Gasteiger partial charge in [0.25, 0.3) is 0 Å². The Labute approximate surface area is 103 Å². The number of aromatic hydroxyl groups is 1. The monoisotopic (exact) mass is 262 g/mol. The largest absolute Gasteiger partial charge is 0.503 e. The molecule has 1 aromatic rings. The quantitative estimate of drug-likeness (QED) is 0.717. The number of urea groups is 1. The predicted octanol–water partition coefficient (Wildman–Crippen LogP) is 2.44. The first kappa shape index (κ1) is 13.6. The second-order valence-corrected chi connectivity index (χ2v) is 4.07. The average molecular weight is 262 g/mol. The summed E-state index contributed by atoms with van der Waals surface area (Å²) in [4.78, 5) is 11.5. The van der Waals surface area contributed by atoms with E-state index in [1.54, 1.807) is 13.8 Å². The molecule has 1 aromatic carbocycles. The van der Waals surface area contributed by atoms with Gasteiger partial charge in [0.15, 0.2) is 17.4 Å². The number of benzene rings is 1. The number of nitrogens with zero attached hydrogens (tertiary/aromatic N) is 1. The van der Waals surface area contributed by atoms with Crippen molar-refractivity contribution in [1.29, 1.82) is 0 Å². The summed E-state index contributed by atoms with van der Waals surface area (Å²) in [5, 5.41) is 11.4. The van der Waals surface area contributed by atoms with Gasteiger partial charge in [0, 0.05) is 18.2 Å². The number of carbonyl (C=O) groups is 1. The summed E-state index contributed by atoms with van der Waals surface area (Å²) in [7, 11) is 0. The molecule has 2 N–H and O–H groups in total. The molecule has 0 aliphatic rings. The van der Waals surface area contributed by atoms with Crippen LogP contribution in [0.1, 0.15) is 13.8 Å². The van der Waals surface area contributed by atoms with Gasteiger partial charge in [-0.05, 0) is 13.8 Å². The van der Waals surface area contributed by atoms with Gasteiger partial charge in [-0.3, -0.25) is 0 Å². The first-order valence-corrected chi connectivity index (χ1v) is 5.20. The Morgan fingerprint density at radius 3 is 2.29 bits per heavy atom. The summed E-state index contributed by atoms with van der Waals surface area (Å²) in [6, 6.07) is 0.869. The molecule has 0 radical (unpaired) electrons. The molecule has 0 saturated carbocycles. The minimum Gasteiger partial charge on any atom is -0.503 e. The highest BCUT2D eigenvalue weighted by Gasteiger charge is 2.17. The van der Waals surface area contributed by atoms with E-state index in [-0.39, 0.29) is 11.7 Å². The van der Waals surface area contributed by atoms with Crippen LogP contribution in [0.3, 0.4) is 0 Å². The van der Waals surface area contributed by atoms with E-state index in [0.717, 1.165) is 16.4 Å². The molecule has 0 unspecified atom stereocenters. The van der Waals surface area contributed by atoms with E-state index in [4.69, 9.17) is 5.11 Å². The normalized spacial score (nSPS) is 10.5. The van der Waals surface area contributed by atoms with Crippen LogP contribution in [0.4, 0.5) is 19.3 Å². The molecule has 7 heteroatoms. The summed E-state index contributed by atoms with van der Waals surface area (Å²) in [5.41, 5.74) is -0.112. The molecule has 1 rings (SSSR count). The number of nitrogens with one attached hydrogen (secondary N) is 1. The number of amides is 2. The fraction of sp³-hybridized carbons (Fsp3) is 0.300. The lowest BCUT2D eigenvalue weighted by atomic mass is 10.2. The van der Waals surface area contributed by atoms with Gasteiger partial charge >= 0.3 is 6.03 Å². The third kappa shape index (κ3) is 3.23. The van der Waals surface area contributed by atoms with E-state index in [0.29, 0.717) is 0 Å². The molecule has 0 bridgehead atoms. The van der Waals surface area contributed by atoms with Crippen LogP contribution in [0.15, 0.2) is 12.1 Å². The van der Waals surface area contributed by atoms with Crippen LogP contribution in [0.25, 0.3) is 0 Å². The molecular formula is C10H12F2N2O2S. The summed E-state index contributed by atoms with van der Waals surface area (Å²) in [6.45, 7) is 3.47. The first-order chi connectivity index (χ1) is 7.82. The molecule has 0 aliphatic heterocycles. The molecular weight excluding hydrogens is 250 g/mol. The minimum absolute atomic E-state index is 0.112. The topological polar surface area (TPSA) is 52.6 Å². The number of rotatable bonds is 2. The Morgan fingerprint density at radius 2 is 1.88 bits per heavy atom. The summed E-state index contributed by atoms with van der Waals surface area (Å²) in [6.07, 6.45) is 0. The van der Waals surface area contributed by atoms with Crippen LogP contribution in [0, 0.1) is 11.6 Å². The van der Waals surface area contributed by atoms with Gasteiger partial charge in [-0.25, -0.2) is 17.9 Å². The summed E-state index contributed by atoms with van der Waals surface area (Å²) >= 11 is 3.82. The van der Waals surface area contributed by atoms with Crippen LogP contribution in [0.5, 0.6) is 5.75 Å². The fourth-order valence-electron chi connectivity index (χ4n) is 1.10. The molecule has 0 spiro atoms. The maximum Gasteiger partial charge on any atom is 0.332 e. The maximum atomic E-state index is 13.0. The zero-order valence-electron chi connectivity index (χ0n) is 9.24. The van der Waals surface area contributed by atoms with Crippen molar-refractivity contribution in [2.75, 3.05) is 4.31 Å². The molecule has 0 fully saturated rings. The Balaban J connectivity index is 2.97. The number of hydrogen-bond donors (Lipinski definition) is 3. The van der Waals surface area contributed by atoms with Gasteiger partial charge in [-0.2, -0.15) is 0 Å². The summed E-state index contributed by atoms with van der Waals surface area (Å²) in [5.74, 6) is -3.40. The molecule has 4 nitrogen and oxygen atoms in total. The van der Waals surface area contributed by atoms with E-state index in [1.165, 1.54) is 0 Å². The lowest BCUT2D eigenvalue weighted by molar-refractivity contribution is 0.247. The van der Waals surface area contributed by atoms with E-state index < -0.39 is 23.4 Å². The molecule has 94 valence electrons. The van der Waals surface area contributed by atoms with Gasteiger partial charge in [0.1, 0.15) is 0 Å². The van der Waals surface area contributed by atoms with Crippen molar-refractivity contribution in [3.05, 3.63) is 23.8 Å². The van der Waals surface area contributed by atoms with Gasteiger partial charge in [0.05, 0.1) is 5.69 Å². The number of halogens is 2. The highest BCUT2D eigenvalue weighted by Crippen LogP contribution is 2.27. The number of hydrogen-bond acceptors (Lipinski definition) is 3. The van der Waals surface area contributed by atoms with Crippen molar-refractivity contribution in [2.24, 2.45) is 0 Å². The Morgan fingerprint density at radius 1 is 1.41 bits per heavy atom. The van der Waals surface area contributed by atoms with Gasteiger partial charge < -0.3 is 10.4 Å². The van der Waals surface area contributed by atoms with Gasteiger partial charge in [0.2, 0.25) is 0 Å². The molecule has 0 heterocycles. The van der Waals surface area contributed by atoms with Crippen molar-refractivity contribution >= 4 is 24.5 Å². The molecule has 0 aromatic heterocycles. The second-order valence-electron chi connectivity index (χ2n) is 3.67. The van der Waals surface area contributed by atoms with Crippen molar-refractivity contribution in [2.45, 2.75) is 19.9 Å². The van der Waals surface area contributed by atoms with Crippen LogP contribution >= 0.6 is 12.8 Å². The van der Waals surface area contributed by atoms with E-state index in [2.05, 4.69) is 18.1 Å². The predicted molar refractivity (Wildman–Crippen MR) is 63.2 cm³/mol. The third-order valence-electron chi connectivity index (χ3n) is 1.85. The van der Waals surface area contributed by atoms with Gasteiger partial charge in [-0.1, -0.05) is 12.8 Å². The number of phenols is 1. The van der Waals surface area contributed by atoms with Crippen LogP contribution in [-0.2, 0) is 0 Å². The Hall–Kier alpha value is -1.50. The highest BCUT2D eigenvalue weighted by atomic mass is 32.1. The molecule has 0 aliphatic carbocycles. The third-order valence-corrected chi connectivity index (χ3v) is 2.26. The van der Waals surface area contributed by atoms with Crippen LogP contribution < -0.4 is 9.62 Å². The Bertz CT molecular complexity index is 417. The zero-order chi connectivity index (χ0) is 13.2. The first-order valence-electron chi connectivity index (χ1n) is 4.80.